The van der Waals surface area contributed by atoms with E-state index in [1.807, 2.05) is 78.6 Å². The number of ether oxygens (including phenoxy) is 1. The molecule has 1 aliphatic heterocycles. The van der Waals surface area contributed by atoms with E-state index in [4.69, 9.17) is 39.4 Å². The van der Waals surface area contributed by atoms with Crippen LogP contribution in [0.15, 0.2) is 113 Å². The number of anilines is 1. The summed E-state index contributed by atoms with van der Waals surface area (Å²) in [5.41, 5.74) is 17.6. The minimum Gasteiger partial charge on any atom is -0.445 e. The van der Waals surface area contributed by atoms with Crippen molar-refractivity contribution >= 4 is 46.5 Å². The number of nitrogens with two attached hydrogens (primary N) is 2. The number of nitrogens with one attached hydrogen (secondary N) is 2. The van der Waals surface area contributed by atoms with Crippen LogP contribution in [0.3, 0.4) is 0 Å². The van der Waals surface area contributed by atoms with Crippen LogP contribution in [0, 0.1) is 5.92 Å². The molecule has 2 aromatic rings. The number of likely N-dealkylation sites (tertiary alicyclic amines) is 1. The van der Waals surface area contributed by atoms with Gasteiger partial charge in [0.2, 0.25) is 0 Å². The molecule has 0 saturated carbocycles. The van der Waals surface area contributed by atoms with Crippen LogP contribution in [-0.4, -0.2) is 36.5 Å². The Morgan fingerprint density at radius 1 is 1.16 bits per heavy atom. The van der Waals surface area contributed by atoms with Crippen LogP contribution in [-0.2, 0) is 17.8 Å². The maximum absolute atomic E-state index is 12.5. The predicted molar refractivity (Wildman–Crippen MR) is 188 cm³/mol. The van der Waals surface area contributed by atoms with Crippen molar-refractivity contribution in [2.75, 3.05) is 25.0 Å². The fourth-order valence-electron chi connectivity index (χ4n) is 4.87. The van der Waals surface area contributed by atoms with Crippen molar-refractivity contribution in [1.29, 1.82) is 0 Å². The zero-order valence-corrected chi connectivity index (χ0v) is 27.4. The van der Waals surface area contributed by atoms with Gasteiger partial charge in [-0.25, -0.2) is 9.79 Å². The molecule has 45 heavy (non-hydrogen) atoms. The van der Waals surface area contributed by atoms with Gasteiger partial charge >= 0.3 is 6.09 Å². The molecular formula is C35H44Cl2N6O2. The highest BCUT2D eigenvalue weighted by molar-refractivity contribution is 6.43. The van der Waals surface area contributed by atoms with E-state index < -0.39 is 0 Å². The lowest BCUT2D eigenvalue weighted by Crippen LogP contribution is -2.39. The van der Waals surface area contributed by atoms with E-state index in [0.717, 1.165) is 61.0 Å². The fourth-order valence-corrected chi connectivity index (χ4v) is 5.02. The van der Waals surface area contributed by atoms with E-state index in [1.165, 1.54) is 6.20 Å². The molecule has 8 nitrogen and oxygen atoms in total. The molecule has 1 amide bonds. The second-order valence-corrected chi connectivity index (χ2v) is 11.6. The average molecular weight is 652 g/mol. The fraction of sp³-hybridized carbons (Fsp3) is 0.314. The van der Waals surface area contributed by atoms with Gasteiger partial charge in [0.1, 0.15) is 12.4 Å². The molecular weight excluding hydrogens is 607 g/mol. The SMILES string of the molecule is C=C/C(=C\C(N)=C/C)CCc1cc(N=C(N)C(Cl)=CNC(=C)Cl)ccc1NCCC1CCN(C(=O)OCc2ccccc2)CC1. The van der Waals surface area contributed by atoms with Crippen LogP contribution < -0.4 is 22.1 Å². The Kier molecular flexibility index (Phi) is 14.6. The molecule has 0 spiro atoms. The van der Waals surface area contributed by atoms with E-state index >= 15 is 0 Å². The molecule has 0 aromatic heterocycles. The topological polar surface area (TPSA) is 118 Å². The molecule has 2 aromatic carbocycles. The summed E-state index contributed by atoms with van der Waals surface area (Å²) in [5, 5.41) is 6.77. The van der Waals surface area contributed by atoms with Gasteiger partial charge < -0.3 is 31.7 Å². The quantitative estimate of drug-likeness (QED) is 0.0676. The number of aryl methyl sites for hydroxylation is 1. The highest BCUT2D eigenvalue weighted by Gasteiger charge is 2.23. The second-order valence-electron chi connectivity index (χ2n) is 10.8. The van der Waals surface area contributed by atoms with Crippen LogP contribution in [0.1, 0.15) is 43.7 Å². The van der Waals surface area contributed by atoms with Gasteiger partial charge in [0, 0.05) is 37.2 Å². The third kappa shape index (κ3) is 12.4. The molecule has 3 rings (SSSR count). The minimum atomic E-state index is -0.245. The number of hydrogen-bond donors (Lipinski definition) is 4. The summed E-state index contributed by atoms with van der Waals surface area (Å²) < 4.78 is 5.51. The first-order chi connectivity index (χ1) is 21.7. The van der Waals surface area contributed by atoms with Gasteiger partial charge in [-0.15, -0.1) is 0 Å². The van der Waals surface area contributed by atoms with Gasteiger partial charge in [-0.05, 0) is 85.9 Å². The van der Waals surface area contributed by atoms with Crippen LogP contribution in [0.2, 0.25) is 0 Å². The molecule has 10 heteroatoms. The Morgan fingerprint density at radius 3 is 2.56 bits per heavy atom. The number of allylic oxidation sites excluding steroid dienone is 4. The van der Waals surface area contributed by atoms with Gasteiger partial charge in [-0.3, -0.25) is 0 Å². The molecule has 0 radical (unpaired) electrons. The standard InChI is InChI=1S/C35H44Cl2N6O2/c1-4-26(21-30(38)5-2)11-12-29-22-31(42-34(39)32(37)23-41-25(3)36)13-14-33(29)40-18-15-27-16-19-43(20-17-27)35(44)45-24-28-9-7-6-8-10-28/h4-10,13-14,21-23,27,40-41H,1,3,11-12,15-20,24,38H2,2H3,(H2,39,42)/b26-21+,30-5+,32-23?. The molecule has 1 heterocycles. The average Bonchev–Trinajstić information content (AvgIpc) is 3.05. The molecule has 1 fully saturated rings. The third-order valence-electron chi connectivity index (χ3n) is 7.52. The largest absolute Gasteiger partial charge is 0.445 e. The lowest BCUT2D eigenvalue weighted by Gasteiger charge is -2.31. The number of rotatable bonds is 15. The molecule has 0 atom stereocenters. The van der Waals surface area contributed by atoms with E-state index in [-0.39, 0.29) is 22.1 Å². The zero-order chi connectivity index (χ0) is 32.6. The predicted octanol–water partition coefficient (Wildman–Crippen LogP) is 7.81. The van der Waals surface area contributed by atoms with E-state index in [0.29, 0.717) is 37.0 Å². The monoisotopic (exact) mass is 650 g/mol. The van der Waals surface area contributed by atoms with E-state index in [9.17, 15) is 4.79 Å². The van der Waals surface area contributed by atoms with Crippen molar-refractivity contribution < 1.29 is 9.53 Å². The molecule has 6 N–H and O–H groups in total. The van der Waals surface area contributed by atoms with Crippen LogP contribution >= 0.6 is 23.2 Å². The normalized spacial score (nSPS) is 15.0. The maximum atomic E-state index is 12.5. The highest BCUT2D eigenvalue weighted by Crippen LogP contribution is 2.27. The van der Waals surface area contributed by atoms with Crippen molar-refractivity contribution in [3.63, 3.8) is 0 Å². The van der Waals surface area contributed by atoms with Gasteiger partial charge in [0.05, 0.1) is 15.9 Å². The number of hydrogen-bond acceptors (Lipinski definition) is 6. The van der Waals surface area contributed by atoms with Crippen molar-refractivity contribution in [2.45, 2.75) is 45.6 Å². The Balaban J connectivity index is 1.61. The summed E-state index contributed by atoms with van der Waals surface area (Å²) in [6.45, 7) is 11.9. The molecule has 0 bridgehead atoms. The molecule has 1 saturated heterocycles. The van der Waals surface area contributed by atoms with Crippen molar-refractivity contribution in [1.82, 2.24) is 10.2 Å². The number of aliphatic imine (C=N–C) groups is 1. The Hall–Kier alpha value is -4.14. The molecule has 0 unspecified atom stereocenters. The number of halogens is 2. The third-order valence-corrected chi connectivity index (χ3v) is 7.93. The lowest BCUT2D eigenvalue weighted by molar-refractivity contribution is 0.0818. The first kappa shape index (κ1) is 35.3. The van der Waals surface area contributed by atoms with Gasteiger partial charge in [-0.2, -0.15) is 0 Å². The van der Waals surface area contributed by atoms with Crippen molar-refractivity contribution in [2.24, 2.45) is 22.4 Å². The van der Waals surface area contributed by atoms with Crippen LogP contribution in [0.25, 0.3) is 0 Å². The molecule has 240 valence electrons. The summed E-state index contributed by atoms with van der Waals surface area (Å²) in [7, 11) is 0. The van der Waals surface area contributed by atoms with Gasteiger partial charge in [-0.1, -0.05) is 78.8 Å². The zero-order valence-electron chi connectivity index (χ0n) is 25.9. The van der Waals surface area contributed by atoms with Crippen molar-refractivity contribution in [3.05, 3.63) is 119 Å². The van der Waals surface area contributed by atoms with Gasteiger partial charge in [0.25, 0.3) is 0 Å². The van der Waals surface area contributed by atoms with Crippen LogP contribution in [0.5, 0.6) is 0 Å². The first-order valence-corrected chi connectivity index (χ1v) is 15.8. The summed E-state index contributed by atoms with van der Waals surface area (Å²) in [4.78, 5) is 18.9. The molecule has 1 aliphatic rings. The van der Waals surface area contributed by atoms with Gasteiger partial charge in [0.15, 0.2) is 0 Å². The number of benzene rings is 2. The summed E-state index contributed by atoms with van der Waals surface area (Å²) in [6, 6.07) is 15.7. The van der Waals surface area contributed by atoms with Crippen LogP contribution in [0.4, 0.5) is 16.2 Å². The lowest BCUT2D eigenvalue weighted by atomic mass is 9.93. The second kappa shape index (κ2) is 18.6. The summed E-state index contributed by atoms with van der Waals surface area (Å²) in [5.74, 6) is 0.671. The number of amidine groups is 1. The smallest absolute Gasteiger partial charge is 0.410 e. The number of carbonyl (C=O) groups is 1. The number of carbonyl (C=O) groups excluding carboxylic acids is 1. The summed E-state index contributed by atoms with van der Waals surface area (Å²) in [6.07, 6.45) is 11.2. The number of amides is 1. The first-order valence-electron chi connectivity index (χ1n) is 15.1. The van der Waals surface area contributed by atoms with E-state index in [1.54, 1.807) is 0 Å². The highest BCUT2D eigenvalue weighted by atomic mass is 35.5. The Morgan fingerprint density at radius 2 is 1.89 bits per heavy atom. The number of piperidine rings is 1. The molecule has 0 aliphatic carbocycles. The summed E-state index contributed by atoms with van der Waals surface area (Å²) >= 11 is 12.0. The van der Waals surface area contributed by atoms with Crippen molar-refractivity contribution in [3.8, 4) is 0 Å². The Bertz CT molecular complexity index is 1430. The van der Waals surface area contributed by atoms with E-state index in [2.05, 4.69) is 28.8 Å². The maximum Gasteiger partial charge on any atom is 0.410 e. The Labute approximate surface area is 277 Å². The minimum absolute atomic E-state index is 0.150. The number of nitrogens with zero attached hydrogens (tertiary/aromatic N) is 2.